The monoisotopic (exact) mass is 433 g/mol. The molecule has 166 valence electrons. The number of amides is 1. The number of esters is 2. The van der Waals surface area contributed by atoms with Crippen LogP contribution in [0.25, 0.3) is 0 Å². The fourth-order valence-corrected chi connectivity index (χ4v) is 3.23. The number of carbonyl (C=O) groups excluding carboxylic acids is 3. The van der Waals surface area contributed by atoms with Gasteiger partial charge in [0.1, 0.15) is 6.61 Å². The van der Waals surface area contributed by atoms with Gasteiger partial charge in [0.2, 0.25) is 0 Å². The van der Waals surface area contributed by atoms with Crippen molar-refractivity contribution in [2.75, 3.05) is 19.8 Å². The summed E-state index contributed by atoms with van der Waals surface area (Å²) in [7, 11) is 0. The van der Waals surface area contributed by atoms with Crippen molar-refractivity contribution < 1.29 is 33.5 Å². The lowest BCUT2D eigenvalue weighted by Gasteiger charge is -2.31. The van der Waals surface area contributed by atoms with E-state index >= 15 is 0 Å². The Labute approximate surface area is 178 Å². The normalized spacial score (nSPS) is 15.8. The van der Waals surface area contributed by atoms with Crippen LogP contribution in [0.15, 0.2) is 46.8 Å². The molecule has 1 unspecified atom stereocenters. The number of primary amides is 1. The summed E-state index contributed by atoms with van der Waals surface area (Å²) >= 11 is 0. The number of allylic oxidation sites excluding steroid dienone is 1. The van der Waals surface area contributed by atoms with Gasteiger partial charge in [0, 0.05) is 17.8 Å². The Bertz CT molecular complexity index is 967. The van der Waals surface area contributed by atoms with Crippen molar-refractivity contribution in [2.45, 2.75) is 26.7 Å². The summed E-state index contributed by atoms with van der Waals surface area (Å²) in [6, 6.07) is 5.53. The molecule has 0 aliphatic carbocycles. The number of hydrogen-bond donors (Lipinski definition) is 2. The van der Waals surface area contributed by atoms with E-state index in [1.165, 1.54) is 18.2 Å². The molecule has 11 heteroatoms. The number of benzene rings is 1. The zero-order valence-electron chi connectivity index (χ0n) is 17.3. The van der Waals surface area contributed by atoms with Gasteiger partial charge in [0.15, 0.2) is 0 Å². The maximum Gasteiger partial charge on any atom is 0.404 e. The highest BCUT2D eigenvalue weighted by Gasteiger charge is 2.39. The number of dihydropyridines is 1. The maximum absolute atomic E-state index is 12.9. The molecular formula is C20H23N3O8. The fourth-order valence-electron chi connectivity index (χ4n) is 3.23. The number of carbonyl (C=O) groups is 3. The molecule has 31 heavy (non-hydrogen) atoms. The van der Waals surface area contributed by atoms with Crippen molar-refractivity contribution >= 4 is 23.7 Å². The van der Waals surface area contributed by atoms with Crippen LogP contribution in [0, 0.1) is 10.1 Å². The number of nitro groups is 1. The summed E-state index contributed by atoms with van der Waals surface area (Å²) in [5.74, 6) is -2.56. The number of ether oxygens (including phenoxy) is 3. The van der Waals surface area contributed by atoms with Gasteiger partial charge in [-0.25, -0.2) is 14.4 Å². The van der Waals surface area contributed by atoms with Crippen molar-refractivity contribution in [3.05, 3.63) is 62.5 Å². The smallest absolute Gasteiger partial charge is 0.404 e. The van der Waals surface area contributed by atoms with Gasteiger partial charge in [0.25, 0.3) is 5.69 Å². The quantitative estimate of drug-likeness (QED) is 0.270. The second kappa shape index (κ2) is 10.2. The number of rotatable bonds is 8. The minimum absolute atomic E-state index is 0.0331. The van der Waals surface area contributed by atoms with E-state index in [1.54, 1.807) is 26.8 Å². The van der Waals surface area contributed by atoms with Crippen molar-refractivity contribution in [3.63, 3.8) is 0 Å². The zero-order valence-corrected chi connectivity index (χ0v) is 17.3. The van der Waals surface area contributed by atoms with Gasteiger partial charge < -0.3 is 25.3 Å². The predicted octanol–water partition coefficient (Wildman–Crippen LogP) is 2.03. The van der Waals surface area contributed by atoms with E-state index < -0.39 is 35.5 Å². The fraction of sp³-hybridized carbons (Fsp3) is 0.350. The third-order valence-corrected chi connectivity index (χ3v) is 4.41. The molecule has 2 rings (SSSR count). The number of non-ortho nitro benzene ring substituents is 1. The highest BCUT2D eigenvalue weighted by molar-refractivity contribution is 6.00. The first kappa shape index (κ1) is 23.4. The molecule has 0 saturated carbocycles. The lowest BCUT2D eigenvalue weighted by atomic mass is 9.80. The predicted molar refractivity (Wildman–Crippen MR) is 108 cm³/mol. The molecular weight excluding hydrogens is 410 g/mol. The van der Waals surface area contributed by atoms with Crippen LogP contribution in [0.2, 0.25) is 0 Å². The molecule has 11 nitrogen and oxygen atoms in total. The maximum atomic E-state index is 12.9. The Hall–Kier alpha value is -3.89. The zero-order chi connectivity index (χ0) is 23.1. The average Bonchev–Trinajstić information content (AvgIpc) is 2.71. The molecule has 1 amide bonds. The van der Waals surface area contributed by atoms with Crippen LogP contribution in [0.1, 0.15) is 32.3 Å². The molecule has 1 aliphatic heterocycles. The van der Waals surface area contributed by atoms with E-state index in [0.29, 0.717) is 5.70 Å². The van der Waals surface area contributed by atoms with Crippen LogP contribution in [0.4, 0.5) is 10.5 Å². The van der Waals surface area contributed by atoms with Gasteiger partial charge >= 0.3 is 18.0 Å². The SMILES string of the molecule is CCOC(=O)C1=C(C)NC(COC(N)=O)=C(C(=O)OCC)C1c1cccc([N+](=O)[O-])c1. The average molecular weight is 433 g/mol. The molecule has 0 spiro atoms. The molecule has 1 aromatic carbocycles. The largest absolute Gasteiger partial charge is 0.463 e. The minimum Gasteiger partial charge on any atom is -0.463 e. The van der Waals surface area contributed by atoms with Gasteiger partial charge in [-0.1, -0.05) is 12.1 Å². The Morgan fingerprint density at radius 1 is 1.10 bits per heavy atom. The summed E-state index contributed by atoms with van der Waals surface area (Å²) in [6.07, 6.45) is -1.07. The second-order valence-corrected chi connectivity index (χ2v) is 6.39. The number of hydrogen-bond acceptors (Lipinski definition) is 9. The lowest BCUT2D eigenvalue weighted by molar-refractivity contribution is -0.384. The molecule has 0 fully saturated rings. The summed E-state index contributed by atoms with van der Waals surface area (Å²) in [5, 5.41) is 14.2. The van der Waals surface area contributed by atoms with E-state index in [-0.39, 0.29) is 41.3 Å². The second-order valence-electron chi connectivity index (χ2n) is 6.39. The number of nitro benzene ring substituents is 1. The summed E-state index contributed by atoms with van der Waals surface area (Å²) in [5.41, 5.74) is 5.61. The van der Waals surface area contributed by atoms with Crippen LogP contribution >= 0.6 is 0 Å². The van der Waals surface area contributed by atoms with Crippen LogP contribution in [0.3, 0.4) is 0 Å². The first-order chi connectivity index (χ1) is 14.7. The summed E-state index contributed by atoms with van der Waals surface area (Å²) < 4.78 is 15.1. The van der Waals surface area contributed by atoms with Crippen LogP contribution in [0.5, 0.6) is 0 Å². The van der Waals surface area contributed by atoms with E-state index in [0.717, 1.165) is 0 Å². The van der Waals surface area contributed by atoms with Gasteiger partial charge in [0.05, 0.1) is 40.9 Å². The molecule has 1 heterocycles. The van der Waals surface area contributed by atoms with Crippen molar-refractivity contribution in [3.8, 4) is 0 Å². The third-order valence-electron chi connectivity index (χ3n) is 4.41. The lowest BCUT2D eigenvalue weighted by Crippen LogP contribution is -2.35. The van der Waals surface area contributed by atoms with E-state index in [2.05, 4.69) is 5.32 Å². The standard InChI is InChI=1S/C20H23N3O8/c1-4-29-18(24)15-11(3)22-14(10-31-20(21)26)17(19(25)30-5-2)16(15)12-7-6-8-13(9-12)23(27)28/h6-9,16,22H,4-5,10H2,1-3H3,(H2,21,26). The molecule has 1 aromatic rings. The topological polar surface area (TPSA) is 160 Å². The Morgan fingerprint density at radius 2 is 1.71 bits per heavy atom. The van der Waals surface area contributed by atoms with E-state index in [1.807, 2.05) is 0 Å². The van der Waals surface area contributed by atoms with Crippen LogP contribution in [-0.2, 0) is 23.8 Å². The highest BCUT2D eigenvalue weighted by atomic mass is 16.6. The molecule has 0 bridgehead atoms. The first-order valence-electron chi connectivity index (χ1n) is 9.42. The molecule has 0 saturated heterocycles. The van der Waals surface area contributed by atoms with Crippen molar-refractivity contribution in [1.29, 1.82) is 0 Å². The van der Waals surface area contributed by atoms with Crippen LogP contribution in [-0.4, -0.2) is 42.8 Å². The van der Waals surface area contributed by atoms with Gasteiger partial charge in [-0.3, -0.25) is 10.1 Å². The Kier molecular flexibility index (Phi) is 7.72. The van der Waals surface area contributed by atoms with Crippen molar-refractivity contribution in [2.24, 2.45) is 5.73 Å². The van der Waals surface area contributed by atoms with E-state index in [9.17, 15) is 24.5 Å². The first-order valence-corrected chi connectivity index (χ1v) is 9.42. The molecule has 0 aromatic heterocycles. The number of nitrogens with zero attached hydrogens (tertiary/aromatic N) is 1. The Balaban J connectivity index is 2.75. The van der Waals surface area contributed by atoms with Gasteiger partial charge in [-0.05, 0) is 26.3 Å². The van der Waals surface area contributed by atoms with Gasteiger partial charge in [-0.15, -0.1) is 0 Å². The summed E-state index contributed by atoms with van der Waals surface area (Å²) in [6.45, 7) is 4.51. The van der Waals surface area contributed by atoms with Gasteiger partial charge in [-0.2, -0.15) is 0 Å². The van der Waals surface area contributed by atoms with Crippen LogP contribution < -0.4 is 11.1 Å². The van der Waals surface area contributed by atoms with Crippen molar-refractivity contribution in [1.82, 2.24) is 5.32 Å². The number of nitrogens with one attached hydrogen (secondary N) is 1. The molecule has 3 N–H and O–H groups in total. The molecule has 1 atom stereocenters. The highest BCUT2D eigenvalue weighted by Crippen LogP contribution is 2.40. The molecule has 1 aliphatic rings. The Morgan fingerprint density at radius 3 is 2.26 bits per heavy atom. The third kappa shape index (κ3) is 5.38. The molecule has 0 radical (unpaired) electrons. The summed E-state index contributed by atoms with van der Waals surface area (Å²) in [4.78, 5) is 47.5. The van der Waals surface area contributed by atoms with E-state index in [4.69, 9.17) is 19.9 Å². The number of nitrogens with two attached hydrogens (primary N) is 1. The minimum atomic E-state index is -1.07.